The quantitative estimate of drug-likeness (QED) is 0.0887. The van der Waals surface area contributed by atoms with E-state index in [9.17, 15) is 9.59 Å². The number of nitrogens with one attached hydrogen (secondary N) is 2. The topological polar surface area (TPSA) is 115 Å². The van der Waals surface area contributed by atoms with Crippen molar-refractivity contribution in [2.75, 3.05) is 70.2 Å². The average molecular weight is 871 g/mol. The number of benzene rings is 2. The van der Waals surface area contributed by atoms with Crippen molar-refractivity contribution < 1.29 is 19.1 Å². The van der Waals surface area contributed by atoms with Crippen LogP contribution in [0.4, 0.5) is 11.4 Å². The molecule has 0 aliphatic carbocycles. The number of anilines is 2. The van der Waals surface area contributed by atoms with Gasteiger partial charge in [-0.3, -0.25) is 19.6 Å². The van der Waals surface area contributed by atoms with E-state index in [2.05, 4.69) is 71.5 Å². The minimum atomic E-state index is -0.150. The lowest BCUT2D eigenvalue weighted by atomic mass is 10.1. The van der Waals surface area contributed by atoms with Crippen LogP contribution in [0.3, 0.4) is 0 Å². The fourth-order valence-corrected chi connectivity index (χ4v) is 9.76. The number of fused-ring (bicyclic) bond motifs is 2. The van der Waals surface area contributed by atoms with Crippen LogP contribution in [0.2, 0.25) is 0 Å². The number of likely N-dealkylation sites (N-methyl/N-ethyl adjacent to an activating group) is 1. The molecule has 4 aromatic heterocycles. The molecule has 14 heteroatoms. The molecule has 62 heavy (non-hydrogen) atoms. The van der Waals surface area contributed by atoms with E-state index in [0.29, 0.717) is 50.4 Å². The Labute approximate surface area is 372 Å². The molecule has 2 atom stereocenters. The van der Waals surface area contributed by atoms with E-state index in [0.717, 1.165) is 76.9 Å². The summed E-state index contributed by atoms with van der Waals surface area (Å²) in [4.78, 5) is 46.6. The van der Waals surface area contributed by atoms with E-state index in [4.69, 9.17) is 9.47 Å². The first-order valence-electron chi connectivity index (χ1n) is 21.2. The van der Waals surface area contributed by atoms with Gasteiger partial charge in [0.1, 0.15) is 23.7 Å². The Kier molecular flexibility index (Phi) is 14.1. The summed E-state index contributed by atoms with van der Waals surface area (Å²) in [5, 5.41) is 10.8. The van der Waals surface area contributed by atoms with Crippen LogP contribution in [0.25, 0.3) is 0 Å². The van der Waals surface area contributed by atoms with Crippen molar-refractivity contribution in [3.63, 3.8) is 0 Å². The molecule has 2 N–H and O–H groups in total. The lowest BCUT2D eigenvalue weighted by molar-refractivity contribution is 0.0747. The molecule has 0 fully saturated rings. The highest BCUT2D eigenvalue weighted by molar-refractivity contribution is 7.10. The van der Waals surface area contributed by atoms with Crippen molar-refractivity contribution in [3.05, 3.63) is 152 Å². The van der Waals surface area contributed by atoms with Gasteiger partial charge in [0.15, 0.2) is 0 Å². The van der Waals surface area contributed by atoms with Gasteiger partial charge in [0.2, 0.25) is 0 Å². The minimum Gasteiger partial charge on any atom is -0.485 e. The largest absolute Gasteiger partial charge is 0.485 e. The molecule has 322 valence electrons. The van der Waals surface area contributed by atoms with E-state index in [1.54, 1.807) is 47.5 Å². The molecule has 6 heterocycles. The Morgan fingerprint density at radius 3 is 1.74 bits per heavy atom. The van der Waals surface area contributed by atoms with Gasteiger partial charge in [-0.1, -0.05) is 30.3 Å². The maximum atomic E-state index is 14.0. The average Bonchev–Trinajstić information content (AvgIpc) is 3.98. The van der Waals surface area contributed by atoms with E-state index in [-0.39, 0.29) is 24.0 Å². The van der Waals surface area contributed by atoms with Gasteiger partial charge in [0.05, 0.1) is 22.5 Å². The van der Waals surface area contributed by atoms with Crippen LogP contribution in [0.1, 0.15) is 72.2 Å². The Hall–Kier alpha value is -5.80. The zero-order chi connectivity index (χ0) is 42.8. The normalized spacial score (nSPS) is 15.1. The van der Waals surface area contributed by atoms with Crippen LogP contribution < -0.4 is 29.9 Å². The van der Waals surface area contributed by atoms with E-state index >= 15 is 0 Å². The first-order chi connectivity index (χ1) is 30.4. The summed E-state index contributed by atoms with van der Waals surface area (Å²) < 4.78 is 13.1. The number of carbonyl (C=O) groups excluding carboxylic acids is 2. The molecule has 2 amide bonds. The second-order valence-electron chi connectivity index (χ2n) is 15.7. The van der Waals surface area contributed by atoms with Crippen molar-refractivity contribution in [3.8, 4) is 11.5 Å². The summed E-state index contributed by atoms with van der Waals surface area (Å²) in [5.41, 5.74) is 6.29. The van der Waals surface area contributed by atoms with Crippen molar-refractivity contribution in [1.29, 1.82) is 0 Å². The van der Waals surface area contributed by atoms with Crippen LogP contribution >= 0.6 is 22.7 Å². The second kappa shape index (κ2) is 20.4. The summed E-state index contributed by atoms with van der Waals surface area (Å²) in [6, 6.07) is 26.5. The second-order valence-corrected chi connectivity index (χ2v) is 17.7. The fraction of sp³-hybridized carbons (Fsp3) is 0.333. The van der Waals surface area contributed by atoms with Crippen molar-refractivity contribution in [1.82, 2.24) is 30.4 Å². The van der Waals surface area contributed by atoms with Crippen molar-refractivity contribution in [2.24, 2.45) is 0 Å². The van der Waals surface area contributed by atoms with Crippen LogP contribution in [-0.2, 0) is 19.6 Å². The molecular weight excluding hydrogens is 817 g/mol. The molecule has 2 aliphatic heterocycles. The van der Waals surface area contributed by atoms with E-state index in [1.807, 2.05) is 79.5 Å². The van der Waals surface area contributed by atoms with Gasteiger partial charge in [-0.05, 0) is 103 Å². The number of carbonyl (C=O) groups is 2. The molecule has 12 nitrogen and oxygen atoms in total. The summed E-state index contributed by atoms with van der Waals surface area (Å²) in [7, 11) is 5.92. The van der Waals surface area contributed by atoms with Gasteiger partial charge in [-0.2, -0.15) is 0 Å². The highest BCUT2D eigenvalue weighted by Gasteiger charge is 2.28. The first kappa shape index (κ1) is 42.9. The van der Waals surface area contributed by atoms with Gasteiger partial charge in [0.25, 0.3) is 11.8 Å². The standard InChI is InChI=1S/C48H54N8O4S2/c1-49-18-16-43(45-5-4-26-61-45)59-37-10-6-35(7-11-37)31-56-25-24-54(42-15-21-52-29-40(42)48(56)58)32-36-27-46(62-33-36)44(17-19-50-2)60-38-12-8-34(9-13-38)30-55-23-22-53(3)41-14-20-51-28-39(41)47(55)57/h4-15,20-21,26-29,33,43-44,49-50H,16-19,22-25,30-32H2,1-3H3/t43?,44-/m0/s1. The third-order valence-electron chi connectivity index (χ3n) is 11.4. The smallest absolute Gasteiger partial charge is 0.257 e. The van der Waals surface area contributed by atoms with Crippen LogP contribution in [0.15, 0.2) is 114 Å². The summed E-state index contributed by atoms with van der Waals surface area (Å²) in [5.74, 6) is 1.57. The Balaban J connectivity index is 0.906. The maximum Gasteiger partial charge on any atom is 0.257 e. The summed E-state index contributed by atoms with van der Waals surface area (Å²) in [6.07, 6.45) is 8.35. The van der Waals surface area contributed by atoms with Gasteiger partial charge in [-0.25, -0.2) is 0 Å². The lowest BCUT2D eigenvalue weighted by Gasteiger charge is -2.24. The number of amides is 2. The lowest BCUT2D eigenvalue weighted by Crippen LogP contribution is -2.34. The van der Waals surface area contributed by atoms with Crippen LogP contribution in [-0.4, -0.2) is 92.0 Å². The zero-order valence-corrected chi connectivity index (χ0v) is 37.2. The fourth-order valence-electron chi connectivity index (χ4n) is 8.00. The molecule has 2 aromatic carbocycles. The predicted molar refractivity (Wildman–Crippen MR) is 248 cm³/mol. The molecule has 0 bridgehead atoms. The highest BCUT2D eigenvalue weighted by Crippen LogP contribution is 2.34. The molecule has 6 aromatic rings. The molecule has 0 spiro atoms. The molecule has 8 rings (SSSR count). The Morgan fingerprint density at radius 2 is 1.16 bits per heavy atom. The predicted octanol–water partition coefficient (Wildman–Crippen LogP) is 7.81. The number of aromatic nitrogens is 2. The molecule has 2 aliphatic rings. The molecule has 1 unspecified atom stereocenters. The van der Waals surface area contributed by atoms with Crippen LogP contribution in [0.5, 0.6) is 11.5 Å². The molecular formula is C48H54N8O4S2. The SMILES string of the molecule is CNCCC(Oc1ccc(CN2CCN(Cc3csc([C@H](CCNC)Oc4ccc(CN5CCN(C)c6ccncc6C5=O)cc4)c3)c3ccncc3C2=O)cc1)c1cccs1. The maximum absolute atomic E-state index is 14.0. The van der Waals surface area contributed by atoms with Crippen LogP contribution in [0, 0.1) is 0 Å². The molecule has 0 saturated heterocycles. The highest BCUT2D eigenvalue weighted by atomic mass is 32.1. The molecule has 0 saturated carbocycles. The Bertz CT molecular complexity index is 2390. The minimum absolute atomic E-state index is 0.00505. The number of thiophene rings is 2. The van der Waals surface area contributed by atoms with E-state index < -0.39 is 0 Å². The number of nitrogens with zero attached hydrogens (tertiary/aromatic N) is 6. The van der Waals surface area contributed by atoms with Crippen molar-refractivity contribution in [2.45, 2.75) is 44.7 Å². The summed E-state index contributed by atoms with van der Waals surface area (Å²) >= 11 is 3.41. The van der Waals surface area contributed by atoms with Gasteiger partial charge < -0.3 is 39.7 Å². The zero-order valence-electron chi connectivity index (χ0n) is 35.5. The van der Waals surface area contributed by atoms with Gasteiger partial charge in [-0.15, -0.1) is 22.7 Å². The number of ether oxygens (including phenoxy) is 2. The monoisotopic (exact) mass is 870 g/mol. The van der Waals surface area contributed by atoms with Gasteiger partial charge >= 0.3 is 0 Å². The Morgan fingerprint density at radius 1 is 0.629 bits per heavy atom. The number of hydrogen-bond donors (Lipinski definition) is 2. The number of hydrogen-bond acceptors (Lipinski definition) is 12. The third kappa shape index (κ3) is 10.3. The summed E-state index contributed by atoms with van der Waals surface area (Å²) in [6.45, 7) is 5.94. The van der Waals surface area contributed by atoms with E-state index in [1.165, 1.54) is 4.88 Å². The third-order valence-corrected chi connectivity index (χ3v) is 13.5. The molecule has 0 radical (unpaired) electrons. The van der Waals surface area contributed by atoms with Crippen molar-refractivity contribution >= 4 is 45.9 Å². The number of pyridine rings is 2. The number of rotatable bonds is 18. The first-order valence-corrected chi connectivity index (χ1v) is 23.0. The van der Waals surface area contributed by atoms with Gasteiger partial charge in [0, 0.05) is 100 Å².